The number of aromatic nitrogens is 3. The van der Waals surface area contributed by atoms with Gasteiger partial charge in [0, 0.05) is 34.9 Å². The van der Waals surface area contributed by atoms with E-state index in [1.807, 2.05) is 67.6 Å². The topological polar surface area (TPSA) is 79.8 Å². The molecule has 1 amide bonds. The smallest absolute Gasteiger partial charge is 0.253 e. The molecular weight excluding hydrogens is 458 g/mol. The van der Waals surface area contributed by atoms with Crippen molar-refractivity contribution in [1.29, 1.82) is 0 Å². The summed E-state index contributed by atoms with van der Waals surface area (Å²) in [6.45, 7) is 2.48. The third-order valence-corrected chi connectivity index (χ3v) is 5.94. The number of rotatable bonds is 6. The minimum atomic E-state index is -0.176. The number of hydrogen-bond donors (Lipinski definition) is 2. The Morgan fingerprint density at radius 1 is 0.943 bits per heavy atom. The van der Waals surface area contributed by atoms with E-state index in [0.717, 1.165) is 22.1 Å². The first-order valence-corrected chi connectivity index (χ1v) is 11.5. The van der Waals surface area contributed by atoms with Crippen LogP contribution in [-0.2, 0) is 6.54 Å². The lowest BCUT2D eigenvalue weighted by Crippen LogP contribution is -2.24. The van der Waals surface area contributed by atoms with Crippen molar-refractivity contribution in [3.63, 3.8) is 0 Å². The van der Waals surface area contributed by atoms with Crippen LogP contribution in [0.25, 0.3) is 22.3 Å². The minimum absolute atomic E-state index is 0.176. The number of benzene rings is 3. The molecule has 0 aliphatic carbocycles. The van der Waals surface area contributed by atoms with Crippen molar-refractivity contribution in [2.24, 2.45) is 0 Å². The highest BCUT2D eigenvalue weighted by Gasteiger charge is 2.15. The van der Waals surface area contributed by atoms with Crippen LogP contribution in [-0.4, -0.2) is 20.9 Å². The van der Waals surface area contributed by atoms with Crippen LogP contribution in [0.2, 0.25) is 5.02 Å². The van der Waals surface area contributed by atoms with E-state index in [1.165, 1.54) is 0 Å². The second-order valence-electron chi connectivity index (χ2n) is 8.08. The zero-order valence-electron chi connectivity index (χ0n) is 19.0. The first-order chi connectivity index (χ1) is 17.1. The van der Waals surface area contributed by atoms with Gasteiger partial charge in [0.05, 0.1) is 16.8 Å². The van der Waals surface area contributed by atoms with Crippen LogP contribution < -0.4 is 10.6 Å². The van der Waals surface area contributed by atoms with Gasteiger partial charge in [-0.15, -0.1) is 0 Å². The number of carbonyl (C=O) groups is 1. The molecule has 7 heteroatoms. The second-order valence-corrected chi connectivity index (χ2v) is 8.52. The molecule has 0 fully saturated rings. The van der Waals surface area contributed by atoms with Gasteiger partial charge < -0.3 is 10.6 Å². The van der Waals surface area contributed by atoms with Crippen molar-refractivity contribution in [3.05, 3.63) is 113 Å². The van der Waals surface area contributed by atoms with E-state index in [2.05, 4.69) is 20.6 Å². The van der Waals surface area contributed by atoms with E-state index >= 15 is 0 Å². The van der Waals surface area contributed by atoms with E-state index in [4.69, 9.17) is 16.6 Å². The maximum absolute atomic E-state index is 13.1. The predicted molar refractivity (Wildman–Crippen MR) is 140 cm³/mol. The number of para-hydroxylation sites is 1. The van der Waals surface area contributed by atoms with Crippen molar-refractivity contribution in [2.75, 3.05) is 5.32 Å². The van der Waals surface area contributed by atoms with Crippen molar-refractivity contribution in [3.8, 4) is 11.4 Å². The number of carbonyl (C=O) groups excluding carboxylic acids is 1. The fourth-order valence-electron chi connectivity index (χ4n) is 3.82. The van der Waals surface area contributed by atoms with Gasteiger partial charge in [-0.3, -0.25) is 9.78 Å². The Morgan fingerprint density at radius 2 is 1.77 bits per heavy atom. The number of halogens is 1. The first-order valence-electron chi connectivity index (χ1n) is 11.1. The van der Waals surface area contributed by atoms with Crippen LogP contribution in [0.4, 0.5) is 11.5 Å². The Kier molecular flexibility index (Phi) is 6.37. The molecule has 0 saturated carbocycles. The number of hydrogen-bond acceptors (Lipinski definition) is 5. The normalized spacial score (nSPS) is 10.8. The van der Waals surface area contributed by atoms with Crippen LogP contribution in [0.15, 0.2) is 91.3 Å². The molecule has 0 radical (unpaired) electrons. The zero-order valence-corrected chi connectivity index (χ0v) is 19.8. The lowest BCUT2D eigenvalue weighted by Gasteiger charge is -2.15. The lowest BCUT2D eigenvalue weighted by atomic mass is 10.1. The van der Waals surface area contributed by atoms with Gasteiger partial charge in [0.1, 0.15) is 5.82 Å². The van der Waals surface area contributed by atoms with Gasteiger partial charge in [-0.05, 0) is 60.5 Å². The highest BCUT2D eigenvalue weighted by molar-refractivity contribution is 6.31. The van der Waals surface area contributed by atoms with Crippen LogP contribution in [0.3, 0.4) is 0 Å². The SMILES string of the molecule is Cc1ccccc1CNC(=O)c1ccccc1Nc1nc(-c2cccnc2)nc2cc(Cl)ccc12. The molecule has 2 N–H and O–H groups in total. The molecule has 0 aliphatic rings. The molecule has 0 saturated heterocycles. The average Bonchev–Trinajstić information content (AvgIpc) is 2.88. The standard InChI is InChI=1S/C28H22ClN5O/c1-18-7-2-3-8-19(18)17-31-28(35)23-10-4-5-11-24(23)32-27-22-13-12-21(29)15-25(22)33-26(34-27)20-9-6-14-30-16-20/h2-16H,17H2,1H3,(H,31,35)(H,32,33,34). The summed E-state index contributed by atoms with van der Waals surface area (Å²) in [6, 6.07) is 24.6. The summed E-state index contributed by atoms with van der Waals surface area (Å²) in [5.41, 5.74) is 4.84. The van der Waals surface area contributed by atoms with Crippen molar-refractivity contribution < 1.29 is 4.79 Å². The van der Waals surface area contributed by atoms with Gasteiger partial charge in [0.25, 0.3) is 5.91 Å². The monoisotopic (exact) mass is 479 g/mol. The molecule has 2 aromatic heterocycles. The summed E-state index contributed by atoms with van der Waals surface area (Å²) in [5.74, 6) is 0.909. The van der Waals surface area contributed by atoms with Gasteiger partial charge in [-0.1, -0.05) is 48.0 Å². The van der Waals surface area contributed by atoms with E-state index in [0.29, 0.717) is 40.0 Å². The summed E-state index contributed by atoms with van der Waals surface area (Å²) < 4.78 is 0. The molecule has 0 bridgehead atoms. The number of fused-ring (bicyclic) bond motifs is 1. The van der Waals surface area contributed by atoms with Gasteiger partial charge in [0.2, 0.25) is 0 Å². The lowest BCUT2D eigenvalue weighted by molar-refractivity contribution is 0.0951. The molecule has 2 heterocycles. The second kappa shape index (κ2) is 9.91. The number of amides is 1. The van der Waals surface area contributed by atoms with Crippen molar-refractivity contribution in [2.45, 2.75) is 13.5 Å². The van der Waals surface area contributed by atoms with Gasteiger partial charge in [-0.25, -0.2) is 9.97 Å². The van der Waals surface area contributed by atoms with Gasteiger partial charge in [0.15, 0.2) is 5.82 Å². The molecule has 0 spiro atoms. The molecule has 0 atom stereocenters. The maximum atomic E-state index is 13.1. The Labute approximate surface area is 208 Å². The summed E-state index contributed by atoms with van der Waals surface area (Å²) in [6.07, 6.45) is 3.41. The summed E-state index contributed by atoms with van der Waals surface area (Å²) in [4.78, 5) is 26.8. The Bertz CT molecular complexity index is 1520. The van der Waals surface area contributed by atoms with Crippen LogP contribution in [0.1, 0.15) is 21.5 Å². The molecule has 5 rings (SSSR count). The summed E-state index contributed by atoms with van der Waals surface area (Å²) in [7, 11) is 0. The predicted octanol–water partition coefficient (Wildman–Crippen LogP) is 6.33. The maximum Gasteiger partial charge on any atom is 0.253 e. The molecule has 172 valence electrons. The first kappa shape index (κ1) is 22.5. The van der Waals surface area contributed by atoms with E-state index < -0.39 is 0 Å². The zero-order chi connectivity index (χ0) is 24.2. The molecule has 0 aliphatic heterocycles. The largest absolute Gasteiger partial charge is 0.348 e. The molecule has 0 unspecified atom stereocenters. The van der Waals surface area contributed by atoms with Crippen LogP contribution in [0.5, 0.6) is 0 Å². The van der Waals surface area contributed by atoms with E-state index in [9.17, 15) is 4.79 Å². The molecular formula is C28H22ClN5O. The Hall–Kier alpha value is -4.29. The number of aryl methyl sites for hydroxylation is 1. The van der Waals surface area contributed by atoms with Crippen molar-refractivity contribution >= 4 is 39.9 Å². The fraction of sp³-hybridized carbons (Fsp3) is 0.0714. The molecule has 3 aromatic carbocycles. The summed E-state index contributed by atoms with van der Waals surface area (Å²) in [5, 5.41) is 7.75. The van der Waals surface area contributed by atoms with Crippen LogP contribution >= 0.6 is 11.6 Å². The van der Waals surface area contributed by atoms with Gasteiger partial charge >= 0.3 is 0 Å². The number of anilines is 2. The van der Waals surface area contributed by atoms with Crippen LogP contribution in [0, 0.1) is 6.92 Å². The molecule has 6 nitrogen and oxygen atoms in total. The number of nitrogens with one attached hydrogen (secondary N) is 2. The quantitative estimate of drug-likeness (QED) is 0.297. The Balaban J connectivity index is 1.50. The summed E-state index contributed by atoms with van der Waals surface area (Å²) >= 11 is 6.25. The Morgan fingerprint density at radius 3 is 2.60 bits per heavy atom. The van der Waals surface area contributed by atoms with E-state index in [-0.39, 0.29) is 5.91 Å². The van der Waals surface area contributed by atoms with Gasteiger partial charge in [-0.2, -0.15) is 0 Å². The van der Waals surface area contributed by atoms with E-state index in [1.54, 1.807) is 30.6 Å². The third kappa shape index (κ3) is 4.98. The highest BCUT2D eigenvalue weighted by atomic mass is 35.5. The molecule has 35 heavy (non-hydrogen) atoms. The number of nitrogens with zero attached hydrogens (tertiary/aromatic N) is 3. The highest BCUT2D eigenvalue weighted by Crippen LogP contribution is 2.30. The minimum Gasteiger partial charge on any atom is -0.348 e. The average molecular weight is 480 g/mol. The number of pyridine rings is 1. The van der Waals surface area contributed by atoms with Crippen molar-refractivity contribution in [1.82, 2.24) is 20.3 Å². The fourth-order valence-corrected chi connectivity index (χ4v) is 3.99. The third-order valence-electron chi connectivity index (χ3n) is 5.70. The molecule has 5 aromatic rings.